The Labute approximate surface area is 102 Å². The van der Waals surface area contributed by atoms with Gasteiger partial charge in [0.25, 0.3) is 0 Å². The Balaban J connectivity index is 1.79. The molecule has 0 amide bonds. The molecule has 0 aliphatic heterocycles. The van der Waals surface area contributed by atoms with Crippen molar-refractivity contribution in [2.24, 2.45) is 0 Å². The van der Waals surface area contributed by atoms with Crippen LogP contribution in [-0.2, 0) is 0 Å². The number of hydrogen-bond donors (Lipinski definition) is 1. The van der Waals surface area contributed by atoms with E-state index >= 15 is 0 Å². The van der Waals surface area contributed by atoms with E-state index in [-0.39, 0.29) is 0 Å². The molecule has 0 unspecified atom stereocenters. The maximum absolute atomic E-state index is 8.75. The molecule has 1 aliphatic rings. The number of hydrogen-bond acceptors (Lipinski definition) is 4. The molecule has 0 atom stereocenters. The van der Waals surface area contributed by atoms with Crippen LogP contribution in [0.25, 0.3) is 0 Å². The predicted molar refractivity (Wildman–Crippen MR) is 67.7 cm³/mol. The van der Waals surface area contributed by atoms with Crippen LogP contribution in [0.5, 0.6) is 0 Å². The average molecular weight is 230 g/mol. The third-order valence-electron chi connectivity index (χ3n) is 3.04. The Kier molecular flexibility index (Phi) is 3.94. The van der Waals surface area contributed by atoms with Crippen molar-refractivity contribution in [1.29, 1.82) is 5.26 Å². The van der Waals surface area contributed by atoms with E-state index in [2.05, 4.69) is 22.1 Å². The zero-order valence-electron chi connectivity index (χ0n) is 10.2. The van der Waals surface area contributed by atoms with Crippen LogP contribution in [0.1, 0.15) is 25.5 Å². The molecule has 0 spiro atoms. The summed E-state index contributed by atoms with van der Waals surface area (Å²) in [4.78, 5) is 6.67. The lowest BCUT2D eigenvalue weighted by atomic mass is 10.3. The van der Waals surface area contributed by atoms with E-state index in [9.17, 15) is 0 Å². The molecule has 90 valence electrons. The van der Waals surface area contributed by atoms with Gasteiger partial charge in [-0.3, -0.25) is 4.90 Å². The number of rotatable bonds is 6. The molecule has 2 rings (SSSR count). The normalized spacial score (nSPS) is 14.6. The molecule has 17 heavy (non-hydrogen) atoms. The highest BCUT2D eigenvalue weighted by Gasteiger charge is 2.26. The molecule has 0 aromatic carbocycles. The van der Waals surface area contributed by atoms with Gasteiger partial charge in [0, 0.05) is 19.1 Å². The fourth-order valence-electron chi connectivity index (χ4n) is 1.96. The molecule has 4 heteroatoms. The third kappa shape index (κ3) is 3.43. The standard InChI is InChI=1S/C13H18N4/c1-2-17(12-6-7-12)9-8-15-13-5-3-4-11(10-14)16-13/h3-5,12H,2,6-9H2,1H3,(H,15,16). The molecule has 0 radical (unpaired) electrons. The van der Waals surface area contributed by atoms with Crippen molar-refractivity contribution in [3.05, 3.63) is 23.9 Å². The number of nitrogens with one attached hydrogen (secondary N) is 1. The average Bonchev–Trinajstić information content (AvgIpc) is 3.19. The highest BCUT2D eigenvalue weighted by atomic mass is 15.2. The van der Waals surface area contributed by atoms with Crippen LogP contribution in [-0.4, -0.2) is 35.6 Å². The number of aromatic nitrogens is 1. The second kappa shape index (κ2) is 5.65. The zero-order chi connectivity index (χ0) is 12.1. The number of anilines is 1. The monoisotopic (exact) mass is 230 g/mol. The lowest BCUT2D eigenvalue weighted by Gasteiger charge is -2.19. The highest BCUT2D eigenvalue weighted by Crippen LogP contribution is 2.25. The lowest BCUT2D eigenvalue weighted by Crippen LogP contribution is -2.31. The number of nitriles is 1. The van der Waals surface area contributed by atoms with Gasteiger partial charge in [-0.1, -0.05) is 13.0 Å². The van der Waals surface area contributed by atoms with Crippen molar-refractivity contribution >= 4 is 5.82 Å². The summed E-state index contributed by atoms with van der Waals surface area (Å²) in [6, 6.07) is 8.32. The first-order chi connectivity index (χ1) is 8.33. The summed E-state index contributed by atoms with van der Waals surface area (Å²) in [5, 5.41) is 12.0. The quantitative estimate of drug-likeness (QED) is 0.810. The van der Waals surface area contributed by atoms with Crippen LogP contribution >= 0.6 is 0 Å². The van der Waals surface area contributed by atoms with Gasteiger partial charge in [-0.2, -0.15) is 5.26 Å². The smallest absolute Gasteiger partial charge is 0.142 e. The summed E-state index contributed by atoms with van der Waals surface area (Å²) in [7, 11) is 0. The first kappa shape index (κ1) is 11.9. The van der Waals surface area contributed by atoms with Gasteiger partial charge in [0.2, 0.25) is 0 Å². The zero-order valence-corrected chi connectivity index (χ0v) is 10.2. The van der Waals surface area contributed by atoms with Gasteiger partial charge < -0.3 is 5.32 Å². The first-order valence-corrected chi connectivity index (χ1v) is 6.18. The summed E-state index contributed by atoms with van der Waals surface area (Å²) in [6.07, 6.45) is 2.69. The molecule has 1 fully saturated rings. The topological polar surface area (TPSA) is 52.0 Å². The molecule has 1 aromatic rings. The predicted octanol–water partition coefficient (Wildman–Crippen LogP) is 1.85. The molecule has 1 N–H and O–H groups in total. The molecule has 0 saturated heterocycles. The van der Waals surface area contributed by atoms with Crippen molar-refractivity contribution in [2.45, 2.75) is 25.8 Å². The molecule has 0 bridgehead atoms. The van der Waals surface area contributed by atoms with E-state index in [1.807, 2.05) is 18.2 Å². The lowest BCUT2D eigenvalue weighted by molar-refractivity contribution is 0.289. The Morgan fingerprint density at radius 3 is 3.00 bits per heavy atom. The summed E-state index contributed by atoms with van der Waals surface area (Å²) >= 11 is 0. The Morgan fingerprint density at radius 1 is 1.53 bits per heavy atom. The number of likely N-dealkylation sites (N-methyl/N-ethyl adjacent to an activating group) is 1. The van der Waals surface area contributed by atoms with Crippen LogP contribution < -0.4 is 5.32 Å². The van der Waals surface area contributed by atoms with Gasteiger partial charge in [0.05, 0.1) is 0 Å². The first-order valence-electron chi connectivity index (χ1n) is 6.18. The highest BCUT2D eigenvalue weighted by molar-refractivity contribution is 5.38. The summed E-state index contributed by atoms with van der Waals surface area (Å²) in [5.41, 5.74) is 0.463. The van der Waals surface area contributed by atoms with Crippen molar-refractivity contribution in [3.8, 4) is 6.07 Å². The van der Waals surface area contributed by atoms with E-state index < -0.39 is 0 Å². The maximum Gasteiger partial charge on any atom is 0.142 e. The molecule has 1 heterocycles. The number of pyridine rings is 1. The minimum absolute atomic E-state index is 0.463. The molecular formula is C13H18N4. The molecule has 4 nitrogen and oxygen atoms in total. The van der Waals surface area contributed by atoms with Crippen LogP contribution in [0.2, 0.25) is 0 Å². The van der Waals surface area contributed by atoms with Crippen LogP contribution in [0.3, 0.4) is 0 Å². The summed E-state index contributed by atoms with van der Waals surface area (Å²) < 4.78 is 0. The fourth-order valence-corrected chi connectivity index (χ4v) is 1.96. The minimum Gasteiger partial charge on any atom is -0.369 e. The van der Waals surface area contributed by atoms with E-state index in [4.69, 9.17) is 5.26 Å². The van der Waals surface area contributed by atoms with Gasteiger partial charge >= 0.3 is 0 Å². The van der Waals surface area contributed by atoms with Gasteiger partial charge in [0.15, 0.2) is 0 Å². The van der Waals surface area contributed by atoms with Crippen molar-refractivity contribution < 1.29 is 0 Å². The summed E-state index contributed by atoms with van der Waals surface area (Å²) in [6.45, 7) is 5.23. The SMILES string of the molecule is CCN(CCNc1cccc(C#N)n1)C1CC1. The van der Waals surface area contributed by atoms with Gasteiger partial charge in [-0.25, -0.2) is 4.98 Å². The van der Waals surface area contributed by atoms with Crippen LogP contribution in [0.4, 0.5) is 5.82 Å². The van der Waals surface area contributed by atoms with E-state index in [1.165, 1.54) is 12.8 Å². The van der Waals surface area contributed by atoms with E-state index in [0.717, 1.165) is 31.5 Å². The van der Waals surface area contributed by atoms with Crippen molar-refractivity contribution in [1.82, 2.24) is 9.88 Å². The fraction of sp³-hybridized carbons (Fsp3) is 0.538. The van der Waals surface area contributed by atoms with Gasteiger partial charge in [0.1, 0.15) is 17.6 Å². The Morgan fingerprint density at radius 2 is 2.35 bits per heavy atom. The Bertz CT molecular complexity index is 406. The Hall–Kier alpha value is -1.60. The minimum atomic E-state index is 0.463. The van der Waals surface area contributed by atoms with E-state index in [0.29, 0.717) is 5.69 Å². The molecular weight excluding hydrogens is 212 g/mol. The second-order valence-electron chi connectivity index (χ2n) is 4.31. The third-order valence-corrected chi connectivity index (χ3v) is 3.04. The number of nitrogens with zero attached hydrogens (tertiary/aromatic N) is 3. The second-order valence-corrected chi connectivity index (χ2v) is 4.31. The van der Waals surface area contributed by atoms with Crippen molar-refractivity contribution in [2.75, 3.05) is 25.0 Å². The molecule has 1 saturated carbocycles. The maximum atomic E-state index is 8.75. The van der Waals surface area contributed by atoms with E-state index in [1.54, 1.807) is 6.07 Å². The van der Waals surface area contributed by atoms with Crippen LogP contribution in [0, 0.1) is 11.3 Å². The van der Waals surface area contributed by atoms with Crippen molar-refractivity contribution in [3.63, 3.8) is 0 Å². The van der Waals surface area contributed by atoms with Gasteiger partial charge in [-0.05, 0) is 31.5 Å². The summed E-state index contributed by atoms with van der Waals surface area (Å²) in [5.74, 6) is 0.788. The van der Waals surface area contributed by atoms with Crippen LogP contribution in [0.15, 0.2) is 18.2 Å². The molecule has 1 aromatic heterocycles. The molecule has 1 aliphatic carbocycles. The van der Waals surface area contributed by atoms with Gasteiger partial charge in [-0.15, -0.1) is 0 Å². The largest absolute Gasteiger partial charge is 0.369 e.